The number of allylic oxidation sites excluding steroid dienone is 1. The number of hydrogen-bond donors (Lipinski definition) is 0. The molecule has 1 aromatic rings. The lowest BCUT2D eigenvalue weighted by molar-refractivity contribution is -0.115. The Labute approximate surface area is 94.6 Å². The van der Waals surface area contributed by atoms with Crippen LogP contribution in [-0.2, 0) is 4.79 Å². The smallest absolute Gasteiger partial charge is 0.160 e. The minimum absolute atomic E-state index is 0.329. The van der Waals surface area contributed by atoms with E-state index < -0.39 is 0 Å². The molecule has 0 fully saturated rings. The summed E-state index contributed by atoms with van der Waals surface area (Å²) >= 11 is 1.81. The predicted molar refractivity (Wildman–Crippen MR) is 65.7 cm³/mol. The van der Waals surface area contributed by atoms with E-state index in [-0.39, 0.29) is 0 Å². The quantitative estimate of drug-likeness (QED) is 0.755. The molecule has 0 spiro atoms. The first-order valence-corrected chi connectivity index (χ1v) is 6.26. The fourth-order valence-corrected chi connectivity index (χ4v) is 3.04. The van der Waals surface area contributed by atoms with Crippen molar-refractivity contribution in [2.24, 2.45) is 0 Å². The molecule has 0 radical (unpaired) electrons. The molecule has 1 heterocycles. The molecule has 0 amide bonds. The van der Waals surface area contributed by atoms with Crippen molar-refractivity contribution < 1.29 is 4.79 Å². The topological polar surface area (TPSA) is 17.1 Å². The van der Waals surface area contributed by atoms with E-state index in [0.717, 1.165) is 17.7 Å². The molecule has 2 heteroatoms. The molecule has 0 bridgehead atoms. The van der Waals surface area contributed by atoms with E-state index in [4.69, 9.17) is 0 Å². The van der Waals surface area contributed by atoms with Crippen molar-refractivity contribution in [1.29, 1.82) is 0 Å². The van der Waals surface area contributed by atoms with Crippen LogP contribution in [0.1, 0.15) is 25.3 Å². The fraction of sp³-hybridized carbons (Fsp3) is 0.308. The van der Waals surface area contributed by atoms with E-state index in [1.54, 1.807) is 0 Å². The minimum atomic E-state index is 0.329. The molecule has 1 aromatic carbocycles. The third-order valence-electron chi connectivity index (χ3n) is 2.58. The van der Waals surface area contributed by atoms with Gasteiger partial charge in [0.25, 0.3) is 0 Å². The maximum atomic E-state index is 11.7. The average Bonchev–Trinajstić information content (AvgIpc) is 2.30. The summed E-state index contributed by atoms with van der Waals surface area (Å²) in [5.74, 6) is 1.25. The Balaban J connectivity index is 2.45. The molecule has 0 unspecified atom stereocenters. The van der Waals surface area contributed by atoms with Crippen LogP contribution in [0.25, 0.3) is 4.91 Å². The molecule has 0 aliphatic carbocycles. The molecule has 0 atom stereocenters. The van der Waals surface area contributed by atoms with Gasteiger partial charge in [0.1, 0.15) is 0 Å². The van der Waals surface area contributed by atoms with E-state index in [9.17, 15) is 4.79 Å². The van der Waals surface area contributed by atoms with Crippen molar-refractivity contribution in [3.63, 3.8) is 0 Å². The summed E-state index contributed by atoms with van der Waals surface area (Å²) in [4.78, 5) is 12.9. The number of carbonyl (C=O) groups excluding carboxylic acids is 1. The highest BCUT2D eigenvalue weighted by molar-refractivity contribution is 8.08. The van der Waals surface area contributed by atoms with E-state index in [1.807, 2.05) is 30.0 Å². The van der Waals surface area contributed by atoms with Crippen molar-refractivity contribution in [1.82, 2.24) is 0 Å². The van der Waals surface area contributed by atoms with Gasteiger partial charge in [0, 0.05) is 22.7 Å². The van der Waals surface area contributed by atoms with Crippen molar-refractivity contribution in [3.8, 4) is 0 Å². The number of ketones is 1. The van der Waals surface area contributed by atoms with Gasteiger partial charge in [-0.1, -0.05) is 37.3 Å². The van der Waals surface area contributed by atoms with Crippen LogP contribution in [0.3, 0.4) is 0 Å². The van der Waals surface area contributed by atoms with E-state index in [0.29, 0.717) is 12.2 Å². The van der Waals surface area contributed by atoms with E-state index in [2.05, 4.69) is 19.1 Å². The van der Waals surface area contributed by atoms with Gasteiger partial charge in [-0.05, 0) is 12.0 Å². The summed E-state index contributed by atoms with van der Waals surface area (Å²) < 4.78 is 0. The Morgan fingerprint density at radius 3 is 2.67 bits per heavy atom. The van der Waals surface area contributed by atoms with Gasteiger partial charge in [-0.2, -0.15) is 0 Å². The molecule has 1 aliphatic heterocycles. The number of rotatable bonds is 2. The summed E-state index contributed by atoms with van der Waals surface area (Å²) in [5, 5.41) is 0. The molecular weight excluding hydrogens is 204 g/mol. The summed E-state index contributed by atoms with van der Waals surface area (Å²) in [6.07, 6.45) is 1.54. The predicted octanol–water partition coefficient (Wildman–Crippen LogP) is 3.51. The molecule has 2 rings (SSSR count). The van der Waals surface area contributed by atoms with Gasteiger partial charge in [0.05, 0.1) is 0 Å². The van der Waals surface area contributed by atoms with Crippen LogP contribution in [0.2, 0.25) is 0 Å². The molecule has 1 nitrogen and oxygen atoms in total. The lowest BCUT2D eigenvalue weighted by Crippen LogP contribution is -2.10. The van der Waals surface area contributed by atoms with Crippen LogP contribution in [0, 0.1) is 0 Å². The Morgan fingerprint density at radius 1 is 1.27 bits per heavy atom. The normalized spacial score (nSPS) is 17.0. The standard InChI is InChI=1S/C13H14OS/c1-2-11-12(14)8-9-15-13(11)10-6-4-3-5-7-10/h3-7H,2,8-9H2,1H3. The van der Waals surface area contributed by atoms with Crippen molar-refractivity contribution in [3.05, 3.63) is 41.5 Å². The van der Waals surface area contributed by atoms with Crippen LogP contribution < -0.4 is 0 Å². The first kappa shape index (κ1) is 10.5. The van der Waals surface area contributed by atoms with Gasteiger partial charge in [-0.25, -0.2) is 0 Å². The second-order valence-corrected chi connectivity index (χ2v) is 4.65. The number of hydrogen-bond acceptors (Lipinski definition) is 2. The number of thioether (sulfide) groups is 1. The fourth-order valence-electron chi connectivity index (χ4n) is 1.82. The second-order valence-electron chi connectivity index (χ2n) is 3.55. The van der Waals surface area contributed by atoms with Gasteiger partial charge in [0.15, 0.2) is 5.78 Å². The molecule has 78 valence electrons. The van der Waals surface area contributed by atoms with Crippen molar-refractivity contribution >= 4 is 22.5 Å². The Kier molecular flexibility index (Phi) is 3.27. The summed E-state index contributed by atoms with van der Waals surface area (Å²) in [6, 6.07) is 10.2. The third-order valence-corrected chi connectivity index (χ3v) is 3.75. The SMILES string of the molecule is CCC1=C(c2ccccc2)SCCC1=O. The van der Waals surface area contributed by atoms with Gasteiger partial charge in [0.2, 0.25) is 0 Å². The monoisotopic (exact) mass is 218 g/mol. The van der Waals surface area contributed by atoms with Gasteiger partial charge < -0.3 is 0 Å². The van der Waals surface area contributed by atoms with E-state index in [1.165, 1.54) is 10.5 Å². The molecule has 0 aromatic heterocycles. The van der Waals surface area contributed by atoms with Crippen molar-refractivity contribution in [2.75, 3.05) is 5.75 Å². The highest BCUT2D eigenvalue weighted by Gasteiger charge is 2.20. The molecule has 0 N–H and O–H groups in total. The first-order chi connectivity index (χ1) is 7.33. The maximum absolute atomic E-state index is 11.7. The molecule has 0 saturated heterocycles. The number of Topliss-reactive ketones (excluding diaryl/α,β-unsaturated/α-hetero) is 1. The maximum Gasteiger partial charge on any atom is 0.160 e. The van der Waals surface area contributed by atoms with Crippen LogP contribution in [0.4, 0.5) is 0 Å². The second kappa shape index (κ2) is 4.67. The van der Waals surface area contributed by atoms with Crippen molar-refractivity contribution in [2.45, 2.75) is 19.8 Å². The summed E-state index contributed by atoms with van der Waals surface area (Å²) in [5.41, 5.74) is 2.20. The minimum Gasteiger partial charge on any atom is -0.294 e. The third kappa shape index (κ3) is 2.15. The van der Waals surface area contributed by atoms with Crippen LogP contribution in [0.15, 0.2) is 35.9 Å². The van der Waals surface area contributed by atoms with Crippen LogP contribution >= 0.6 is 11.8 Å². The average molecular weight is 218 g/mol. The van der Waals surface area contributed by atoms with Gasteiger partial charge in [-0.15, -0.1) is 11.8 Å². The zero-order valence-corrected chi connectivity index (χ0v) is 9.64. The Morgan fingerprint density at radius 2 is 2.00 bits per heavy atom. The van der Waals surface area contributed by atoms with Gasteiger partial charge in [-0.3, -0.25) is 4.79 Å². The zero-order chi connectivity index (χ0) is 10.7. The van der Waals surface area contributed by atoms with Crippen LogP contribution in [-0.4, -0.2) is 11.5 Å². The van der Waals surface area contributed by atoms with E-state index >= 15 is 0 Å². The Hall–Kier alpha value is -1.02. The lowest BCUT2D eigenvalue weighted by Gasteiger charge is -2.18. The molecule has 0 saturated carbocycles. The highest BCUT2D eigenvalue weighted by Crippen LogP contribution is 2.36. The Bertz CT molecular complexity index is 392. The highest BCUT2D eigenvalue weighted by atomic mass is 32.2. The van der Waals surface area contributed by atoms with Gasteiger partial charge >= 0.3 is 0 Å². The van der Waals surface area contributed by atoms with Crippen LogP contribution in [0.5, 0.6) is 0 Å². The lowest BCUT2D eigenvalue weighted by atomic mass is 10.0. The largest absolute Gasteiger partial charge is 0.294 e. The number of carbonyl (C=O) groups is 1. The summed E-state index contributed by atoms with van der Waals surface area (Å²) in [6.45, 7) is 2.06. The molecular formula is C13H14OS. The zero-order valence-electron chi connectivity index (χ0n) is 8.82. The molecule has 15 heavy (non-hydrogen) atoms. The summed E-state index contributed by atoms with van der Waals surface area (Å²) in [7, 11) is 0. The first-order valence-electron chi connectivity index (χ1n) is 5.27. The molecule has 1 aliphatic rings. The number of benzene rings is 1.